The summed E-state index contributed by atoms with van der Waals surface area (Å²) in [6, 6.07) is 2.06. The molecule has 0 bridgehead atoms. The molecule has 2 heterocycles. The Labute approximate surface area is 113 Å². The molecular weight excluding hydrogens is 244 g/mol. The van der Waals surface area contributed by atoms with Crippen LogP contribution in [-0.2, 0) is 6.42 Å². The third-order valence-electron chi connectivity index (χ3n) is 3.60. The zero-order valence-corrected chi connectivity index (χ0v) is 12.1. The van der Waals surface area contributed by atoms with E-state index in [1.54, 1.807) is 11.3 Å². The number of amides is 1. The minimum atomic E-state index is 0.187. The van der Waals surface area contributed by atoms with E-state index in [2.05, 4.69) is 18.3 Å². The molecule has 0 aliphatic carbocycles. The third-order valence-corrected chi connectivity index (χ3v) is 4.54. The molecule has 0 spiro atoms. The van der Waals surface area contributed by atoms with E-state index in [-0.39, 0.29) is 5.91 Å². The highest BCUT2D eigenvalue weighted by Crippen LogP contribution is 2.20. The van der Waals surface area contributed by atoms with Gasteiger partial charge in [0.1, 0.15) is 0 Å². The normalized spacial score (nSPS) is 19.8. The van der Waals surface area contributed by atoms with E-state index in [4.69, 9.17) is 0 Å². The van der Waals surface area contributed by atoms with Crippen molar-refractivity contribution in [1.82, 2.24) is 10.2 Å². The van der Waals surface area contributed by atoms with Crippen molar-refractivity contribution in [3.63, 3.8) is 0 Å². The van der Waals surface area contributed by atoms with Gasteiger partial charge in [-0.1, -0.05) is 6.92 Å². The highest BCUT2D eigenvalue weighted by Gasteiger charge is 2.21. The van der Waals surface area contributed by atoms with Gasteiger partial charge in [-0.25, -0.2) is 0 Å². The molecule has 1 saturated heterocycles. The molecule has 100 valence electrons. The fraction of sp³-hybridized carbons (Fsp3) is 0.643. The van der Waals surface area contributed by atoms with Crippen LogP contribution in [-0.4, -0.2) is 37.5 Å². The number of carbonyl (C=O) groups is 1. The molecule has 3 nitrogen and oxygen atoms in total. The molecule has 4 heteroatoms. The van der Waals surface area contributed by atoms with Gasteiger partial charge in [0.25, 0.3) is 5.91 Å². The Hall–Kier alpha value is -0.870. The molecule has 1 unspecified atom stereocenters. The first-order valence-electron chi connectivity index (χ1n) is 6.75. The smallest absolute Gasteiger partial charge is 0.263 e. The van der Waals surface area contributed by atoms with Crippen molar-refractivity contribution in [2.24, 2.45) is 5.92 Å². The van der Waals surface area contributed by atoms with E-state index in [9.17, 15) is 4.79 Å². The molecule has 1 aliphatic heterocycles. The second-order valence-corrected chi connectivity index (χ2v) is 5.94. The first kappa shape index (κ1) is 13.6. The monoisotopic (exact) mass is 266 g/mol. The van der Waals surface area contributed by atoms with E-state index in [0.29, 0.717) is 5.92 Å². The highest BCUT2D eigenvalue weighted by atomic mass is 32.1. The molecule has 1 aromatic heterocycles. The molecule has 1 N–H and O–H groups in total. The van der Waals surface area contributed by atoms with Crippen LogP contribution in [0.5, 0.6) is 0 Å². The lowest BCUT2D eigenvalue weighted by molar-refractivity contribution is 0.0768. The lowest BCUT2D eigenvalue weighted by Crippen LogP contribution is -2.39. The molecule has 18 heavy (non-hydrogen) atoms. The molecule has 1 aromatic rings. The summed E-state index contributed by atoms with van der Waals surface area (Å²) in [4.78, 5) is 15.2. The number of carbonyl (C=O) groups excluding carboxylic acids is 1. The van der Waals surface area contributed by atoms with E-state index in [0.717, 1.165) is 30.9 Å². The molecule has 0 aromatic carbocycles. The van der Waals surface area contributed by atoms with E-state index in [1.165, 1.54) is 18.4 Å². The quantitative estimate of drug-likeness (QED) is 0.907. The van der Waals surface area contributed by atoms with Crippen molar-refractivity contribution >= 4 is 17.2 Å². The van der Waals surface area contributed by atoms with Crippen LogP contribution in [0.15, 0.2) is 11.4 Å². The van der Waals surface area contributed by atoms with Crippen LogP contribution in [0.2, 0.25) is 0 Å². The van der Waals surface area contributed by atoms with Crippen molar-refractivity contribution in [2.75, 3.05) is 26.7 Å². The summed E-state index contributed by atoms with van der Waals surface area (Å²) in [5.41, 5.74) is 1.18. The predicted octanol–water partition coefficient (Wildman–Crippen LogP) is 2.38. The first-order chi connectivity index (χ1) is 8.72. The van der Waals surface area contributed by atoms with Crippen LogP contribution in [0.25, 0.3) is 0 Å². The lowest BCUT2D eigenvalue weighted by Gasteiger charge is -2.27. The Morgan fingerprint density at radius 3 is 3.11 bits per heavy atom. The van der Waals surface area contributed by atoms with Gasteiger partial charge < -0.3 is 10.2 Å². The van der Waals surface area contributed by atoms with Gasteiger partial charge >= 0.3 is 0 Å². The Morgan fingerprint density at radius 2 is 2.44 bits per heavy atom. The van der Waals surface area contributed by atoms with E-state index >= 15 is 0 Å². The average molecular weight is 266 g/mol. The van der Waals surface area contributed by atoms with Gasteiger partial charge in [-0.3, -0.25) is 4.79 Å². The average Bonchev–Trinajstić information content (AvgIpc) is 2.87. The van der Waals surface area contributed by atoms with Crippen LogP contribution in [0.1, 0.15) is 35.0 Å². The summed E-state index contributed by atoms with van der Waals surface area (Å²) in [6.07, 6.45) is 3.39. The summed E-state index contributed by atoms with van der Waals surface area (Å²) >= 11 is 1.57. The first-order valence-corrected chi connectivity index (χ1v) is 7.63. The molecule has 1 amide bonds. The van der Waals surface area contributed by atoms with E-state index < -0.39 is 0 Å². The maximum absolute atomic E-state index is 12.4. The fourth-order valence-electron chi connectivity index (χ4n) is 2.53. The van der Waals surface area contributed by atoms with Gasteiger partial charge in [0, 0.05) is 13.6 Å². The number of hydrogen-bond donors (Lipinski definition) is 1. The Morgan fingerprint density at radius 1 is 1.61 bits per heavy atom. The number of aryl methyl sites for hydroxylation is 1. The molecule has 1 fully saturated rings. The van der Waals surface area contributed by atoms with Crippen molar-refractivity contribution < 1.29 is 4.79 Å². The SMILES string of the molecule is CCc1ccsc1C(=O)N(C)CC1CCCNC1. The number of nitrogens with zero attached hydrogens (tertiary/aromatic N) is 1. The number of hydrogen-bond acceptors (Lipinski definition) is 3. The van der Waals surface area contributed by atoms with Crippen LogP contribution in [0.3, 0.4) is 0 Å². The van der Waals surface area contributed by atoms with Gasteiger partial charge in [0.05, 0.1) is 4.88 Å². The van der Waals surface area contributed by atoms with Crippen molar-refractivity contribution in [3.8, 4) is 0 Å². The second kappa shape index (κ2) is 6.34. The Bertz CT molecular complexity index is 396. The maximum atomic E-state index is 12.4. The molecule has 0 radical (unpaired) electrons. The topological polar surface area (TPSA) is 32.3 Å². The third kappa shape index (κ3) is 3.12. The lowest BCUT2D eigenvalue weighted by atomic mass is 9.99. The zero-order valence-electron chi connectivity index (χ0n) is 11.2. The molecular formula is C14H22N2OS. The summed E-state index contributed by atoms with van der Waals surface area (Å²) < 4.78 is 0. The predicted molar refractivity (Wildman–Crippen MR) is 76.3 cm³/mol. The molecule has 2 rings (SSSR count). The Balaban J connectivity index is 1.95. The second-order valence-electron chi connectivity index (χ2n) is 5.03. The van der Waals surface area contributed by atoms with Gasteiger partial charge in [-0.2, -0.15) is 0 Å². The van der Waals surface area contributed by atoms with Gasteiger partial charge in [0.2, 0.25) is 0 Å². The molecule has 1 aliphatic rings. The van der Waals surface area contributed by atoms with Crippen LogP contribution >= 0.6 is 11.3 Å². The van der Waals surface area contributed by atoms with Gasteiger partial charge in [-0.15, -0.1) is 11.3 Å². The van der Waals surface area contributed by atoms with Crippen LogP contribution in [0, 0.1) is 5.92 Å². The largest absolute Gasteiger partial charge is 0.341 e. The van der Waals surface area contributed by atoms with Crippen molar-refractivity contribution in [1.29, 1.82) is 0 Å². The number of piperidine rings is 1. The van der Waals surface area contributed by atoms with E-state index in [1.807, 2.05) is 17.3 Å². The zero-order chi connectivity index (χ0) is 13.0. The van der Waals surface area contributed by atoms with Crippen molar-refractivity contribution in [2.45, 2.75) is 26.2 Å². The van der Waals surface area contributed by atoms with Gasteiger partial charge in [0.15, 0.2) is 0 Å². The number of rotatable bonds is 4. The maximum Gasteiger partial charge on any atom is 0.263 e. The summed E-state index contributed by atoms with van der Waals surface area (Å²) in [5, 5.41) is 5.42. The minimum Gasteiger partial charge on any atom is -0.341 e. The molecule has 0 saturated carbocycles. The van der Waals surface area contributed by atoms with Crippen molar-refractivity contribution in [3.05, 3.63) is 21.9 Å². The number of nitrogens with one attached hydrogen (secondary N) is 1. The Kier molecular flexibility index (Phi) is 4.78. The molecule has 1 atom stereocenters. The highest BCUT2D eigenvalue weighted by molar-refractivity contribution is 7.12. The minimum absolute atomic E-state index is 0.187. The number of thiophene rings is 1. The van der Waals surface area contributed by atoms with Crippen LogP contribution in [0.4, 0.5) is 0 Å². The summed E-state index contributed by atoms with van der Waals surface area (Å²) in [7, 11) is 1.93. The standard InChI is InChI=1S/C14H22N2OS/c1-3-12-6-8-18-13(12)14(17)16(2)10-11-5-4-7-15-9-11/h6,8,11,15H,3-5,7,9-10H2,1-2H3. The fourth-order valence-corrected chi connectivity index (χ4v) is 3.51. The summed E-state index contributed by atoms with van der Waals surface area (Å²) in [5.74, 6) is 0.796. The van der Waals surface area contributed by atoms with Gasteiger partial charge in [-0.05, 0) is 55.3 Å². The summed E-state index contributed by atoms with van der Waals surface area (Å²) in [6.45, 7) is 5.14. The van der Waals surface area contributed by atoms with Crippen LogP contribution < -0.4 is 5.32 Å².